The highest BCUT2D eigenvalue weighted by Crippen LogP contribution is 2.58. The lowest BCUT2D eigenvalue weighted by molar-refractivity contribution is -0.125. The van der Waals surface area contributed by atoms with Gasteiger partial charge in [-0.3, -0.25) is 9.59 Å². The van der Waals surface area contributed by atoms with E-state index in [2.05, 4.69) is 6.07 Å². The van der Waals surface area contributed by atoms with Crippen molar-refractivity contribution in [1.29, 1.82) is 5.26 Å². The van der Waals surface area contributed by atoms with Crippen molar-refractivity contribution in [2.45, 2.75) is 37.0 Å². The summed E-state index contributed by atoms with van der Waals surface area (Å²) in [5.41, 5.74) is 8.68. The predicted molar refractivity (Wildman–Crippen MR) is 117 cm³/mol. The van der Waals surface area contributed by atoms with Crippen LogP contribution in [0.25, 0.3) is 0 Å². The lowest BCUT2D eigenvalue weighted by Crippen LogP contribution is -2.49. The largest absolute Gasteiger partial charge is 0.444 e. The SMILES string of the molecule is N#CC1=C(N)OC2=C(C(=O)C[C@H](c3ccccc3)C2)[C@@]12C(=O)N1CCCc3cccc2c31. The van der Waals surface area contributed by atoms with E-state index in [1.165, 1.54) is 0 Å². The number of fused-ring (bicyclic) bond motifs is 2. The van der Waals surface area contributed by atoms with Crippen molar-refractivity contribution >= 4 is 17.4 Å². The monoisotopic (exact) mass is 423 g/mol. The van der Waals surface area contributed by atoms with E-state index in [1.807, 2.05) is 48.5 Å². The van der Waals surface area contributed by atoms with E-state index in [1.54, 1.807) is 4.90 Å². The smallest absolute Gasteiger partial charge is 0.247 e. The van der Waals surface area contributed by atoms with Crippen LogP contribution in [0.3, 0.4) is 0 Å². The number of ketones is 1. The first-order chi connectivity index (χ1) is 15.6. The highest BCUT2D eigenvalue weighted by atomic mass is 16.5. The van der Waals surface area contributed by atoms with Gasteiger partial charge in [0.15, 0.2) is 5.78 Å². The Bertz CT molecular complexity index is 1300. The van der Waals surface area contributed by atoms with Crippen LogP contribution in [0.5, 0.6) is 0 Å². The normalized spacial score (nSPS) is 26.1. The third kappa shape index (κ3) is 2.23. The Morgan fingerprint density at radius 3 is 2.69 bits per heavy atom. The number of ether oxygens (including phenoxy) is 1. The van der Waals surface area contributed by atoms with Gasteiger partial charge in [-0.15, -0.1) is 0 Å². The molecule has 2 aromatic carbocycles. The molecule has 0 saturated carbocycles. The maximum Gasteiger partial charge on any atom is 0.247 e. The van der Waals surface area contributed by atoms with Crippen molar-refractivity contribution in [3.63, 3.8) is 0 Å². The topological polar surface area (TPSA) is 96.4 Å². The minimum Gasteiger partial charge on any atom is -0.444 e. The van der Waals surface area contributed by atoms with Gasteiger partial charge in [0.2, 0.25) is 11.8 Å². The first-order valence-corrected chi connectivity index (χ1v) is 10.9. The van der Waals surface area contributed by atoms with Gasteiger partial charge in [0.05, 0.1) is 11.3 Å². The highest BCUT2D eigenvalue weighted by molar-refractivity contribution is 6.20. The Morgan fingerprint density at radius 1 is 1.09 bits per heavy atom. The number of carbonyl (C=O) groups is 2. The molecular formula is C26H21N3O3. The van der Waals surface area contributed by atoms with E-state index in [0.717, 1.165) is 29.7 Å². The van der Waals surface area contributed by atoms with E-state index in [9.17, 15) is 14.9 Å². The van der Waals surface area contributed by atoms with Crippen molar-refractivity contribution < 1.29 is 14.3 Å². The summed E-state index contributed by atoms with van der Waals surface area (Å²) in [5.74, 6) is -0.159. The van der Waals surface area contributed by atoms with E-state index in [4.69, 9.17) is 10.5 Å². The summed E-state index contributed by atoms with van der Waals surface area (Å²) in [6, 6.07) is 17.7. The van der Waals surface area contributed by atoms with Crippen LogP contribution >= 0.6 is 0 Å². The standard InChI is InChI=1S/C26H21N3O3/c27-14-19-24(28)32-21-13-17(15-6-2-1-3-7-15)12-20(30)22(21)26(19)18-10-4-8-16-9-5-11-29(23(16)18)25(26)31/h1-4,6-8,10,17H,5,9,11-13,28H2/t17-,26-/m0/s1. The molecule has 6 heteroatoms. The lowest BCUT2D eigenvalue weighted by atomic mass is 9.63. The predicted octanol–water partition coefficient (Wildman–Crippen LogP) is 3.34. The van der Waals surface area contributed by atoms with Gasteiger partial charge in [-0.2, -0.15) is 5.26 Å². The summed E-state index contributed by atoms with van der Waals surface area (Å²) < 4.78 is 5.90. The van der Waals surface area contributed by atoms with E-state index >= 15 is 0 Å². The number of anilines is 1. The van der Waals surface area contributed by atoms with Gasteiger partial charge in [-0.05, 0) is 29.9 Å². The van der Waals surface area contributed by atoms with Crippen LogP contribution < -0.4 is 10.6 Å². The molecule has 1 aliphatic carbocycles. The number of rotatable bonds is 1. The lowest BCUT2D eigenvalue weighted by Gasteiger charge is -2.39. The number of nitrogens with zero attached hydrogens (tertiary/aromatic N) is 2. The Morgan fingerprint density at radius 2 is 1.91 bits per heavy atom. The van der Waals surface area contributed by atoms with Crippen LogP contribution in [0.1, 0.15) is 41.9 Å². The average molecular weight is 423 g/mol. The average Bonchev–Trinajstić information content (AvgIpc) is 3.05. The number of allylic oxidation sites excluding steroid dienone is 1. The molecule has 0 fully saturated rings. The second-order valence-corrected chi connectivity index (χ2v) is 8.81. The summed E-state index contributed by atoms with van der Waals surface area (Å²) in [4.78, 5) is 29.5. The maximum atomic E-state index is 14.1. The van der Waals surface area contributed by atoms with Crippen LogP contribution in [0, 0.1) is 11.3 Å². The van der Waals surface area contributed by atoms with Crippen LogP contribution in [0.15, 0.2) is 71.3 Å². The number of para-hydroxylation sites is 1. The Hall–Kier alpha value is -3.85. The molecule has 0 saturated heterocycles. The van der Waals surface area contributed by atoms with Crippen molar-refractivity contribution in [3.05, 3.63) is 88.0 Å². The van der Waals surface area contributed by atoms with Crippen molar-refractivity contribution in [2.24, 2.45) is 5.73 Å². The van der Waals surface area contributed by atoms with Gasteiger partial charge in [0.25, 0.3) is 0 Å². The molecule has 2 atom stereocenters. The molecule has 1 amide bonds. The molecule has 4 aliphatic rings. The minimum atomic E-state index is -1.51. The highest BCUT2D eigenvalue weighted by Gasteiger charge is 2.63. The first-order valence-electron chi connectivity index (χ1n) is 10.9. The van der Waals surface area contributed by atoms with Gasteiger partial charge < -0.3 is 15.4 Å². The zero-order valence-corrected chi connectivity index (χ0v) is 17.4. The number of benzene rings is 2. The number of amides is 1. The van der Waals surface area contributed by atoms with Crippen LogP contribution in [-0.4, -0.2) is 18.2 Å². The van der Waals surface area contributed by atoms with Crippen molar-refractivity contribution in [3.8, 4) is 6.07 Å². The molecule has 3 heterocycles. The summed E-state index contributed by atoms with van der Waals surface area (Å²) in [5, 5.41) is 10.1. The number of Topliss-reactive ketones (excluding diaryl/α,β-unsaturated/α-hetero) is 1. The molecule has 0 aromatic heterocycles. The molecular weight excluding hydrogens is 402 g/mol. The zero-order chi connectivity index (χ0) is 22.0. The summed E-state index contributed by atoms with van der Waals surface area (Å²) in [7, 11) is 0. The fourth-order valence-electron chi connectivity index (χ4n) is 5.94. The van der Waals surface area contributed by atoms with Crippen LogP contribution in [0.4, 0.5) is 5.69 Å². The molecule has 1 spiro atoms. The van der Waals surface area contributed by atoms with Gasteiger partial charge in [-0.1, -0.05) is 48.5 Å². The molecule has 2 aromatic rings. The van der Waals surface area contributed by atoms with E-state index in [-0.39, 0.29) is 35.5 Å². The molecule has 158 valence electrons. The van der Waals surface area contributed by atoms with E-state index < -0.39 is 5.41 Å². The number of hydrogen-bond acceptors (Lipinski definition) is 5. The third-order valence-electron chi connectivity index (χ3n) is 7.22. The number of nitrogens with two attached hydrogens (primary N) is 1. The zero-order valence-electron chi connectivity index (χ0n) is 17.4. The molecule has 6 rings (SSSR count). The summed E-state index contributed by atoms with van der Waals surface area (Å²) in [6.45, 7) is 0.563. The Kier molecular flexibility index (Phi) is 3.88. The number of aryl methyl sites for hydroxylation is 1. The van der Waals surface area contributed by atoms with Crippen LogP contribution in [-0.2, 0) is 26.2 Å². The Balaban J connectivity index is 1.61. The summed E-state index contributed by atoms with van der Waals surface area (Å²) in [6.07, 6.45) is 2.41. The molecule has 0 unspecified atom stereocenters. The van der Waals surface area contributed by atoms with Crippen molar-refractivity contribution in [1.82, 2.24) is 0 Å². The molecule has 3 aliphatic heterocycles. The Labute approximate surface area is 185 Å². The molecule has 0 radical (unpaired) electrons. The van der Waals surface area contributed by atoms with Gasteiger partial charge in [0.1, 0.15) is 22.8 Å². The molecule has 0 bridgehead atoms. The third-order valence-corrected chi connectivity index (χ3v) is 7.22. The first kappa shape index (κ1) is 18.9. The second kappa shape index (κ2) is 6.57. The molecule has 32 heavy (non-hydrogen) atoms. The fraction of sp³-hybridized carbons (Fsp3) is 0.269. The molecule has 2 N–H and O–H groups in total. The maximum absolute atomic E-state index is 14.1. The molecule has 6 nitrogen and oxygen atoms in total. The fourth-order valence-corrected chi connectivity index (χ4v) is 5.94. The summed E-state index contributed by atoms with van der Waals surface area (Å²) >= 11 is 0. The second-order valence-electron chi connectivity index (χ2n) is 8.81. The van der Waals surface area contributed by atoms with Gasteiger partial charge in [-0.25, -0.2) is 0 Å². The number of nitriles is 1. The quantitative estimate of drug-likeness (QED) is 0.759. The minimum absolute atomic E-state index is 0.0237. The number of carbonyl (C=O) groups excluding carboxylic acids is 2. The van der Waals surface area contributed by atoms with Gasteiger partial charge in [0, 0.05) is 24.9 Å². The van der Waals surface area contributed by atoms with E-state index in [0.29, 0.717) is 29.9 Å². The number of hydrogen-bond donors (Lipinski definition) is 1. The van der Waals surface area contributed by atoms with Crippen molar-refractivity contribution in [2.75, 3.05) is 11.4 Å². The van der Waals surface area contributed by atoms with Crippen LogP contribution in [0.2, 0.25) is 0 Å². The van der Waals surface area contributed by atoms with Gasteiger partial charge >= 0.3 is 0 Å².